The molecule has 1 aromatic rings. The van der Waals surface area contributed by atoms with Gasteiger partial charge in [-0.25, -0.2) is 0 Å². The van der Waals surface area contributed by atoms with Gasteiger partial charge in [0.15, 0.2) is 0 Å². The second-order valence-electron chi connectivity index (χ2n) is 4.38. The Morgan fingerprint density at radius 2 is 1.94 bits per heavy atom. The normalized spacial score (nSPS) is 10.1. The van der Waals surface area contributed by atoms with Crippen LogP contribution < -0.4 is 10.6 Å². The molecule has 0 aliphatic carbocycles. The van der Waals surface area contributed by atoms with Crippen molar-refractivity contribution in [2.45, 2.75) is 25.7 Å². The molecule has 0 amide bonds. The third-order valence-electron chi connectivity index (χ3n) is 2.77. The summed E-state index contributed by atoms with van der Waals surface area (Å²) in [5, 5.41) is 6.40. The van der Waals surface area contributed by atoms with Crippen molar-refractivity contribution < 1.29 is 4.79 Å². The Kier molecular flexibility index (Phi) is 6.81. The van der Waals surface area contributed by atoms with E-state index in [2.05, 4.69) is 17.2 Å². The van der Waals surface area contributed by atoms with Gasteiger partial charge in [-0.1, -0.05) is 13.0 Å². The van der Waals surface area contributed by atoms with E-state index in [9.17, 15) is 4.79 Å². The van der Waals surface area contributed by atoms with Gasteiger partial charge in [0.2, 0.25) is 0 Å². The number of unbranched alkanes of at least 4 members (excludes halogenated alkanes) is 2. The number of carbonyl (C=O) groups excluding carboxylic acids is 1. The molecule has 0 saturated carbocycles. The van der Waals surface area contributed by atoms with Crippen LogP contribution in [-0.4, -0.2) is 19.9 Å². The zero-order valence-corrected chi connectivity index (χ0v) is 11.0. The van der Waals surface area contributed by atoms with Crippen molar-refractivity contribution in [3.8, 4) is 0 Å². The van der Waals surface area contributed by atoms with Crippen LogP contribution in [0.15, 0.2) is 36.5 Å². The molecule has 3 nitrogen and oxygen atoms in total. The number of anilines is 1. The molecule has 98 valence electrons. The summed E-state index contributed by atoms with van der Waals surface area (Å²) in [5.41, 5.74) is 2.71. The minimum atomic E-state index is 0.693. The van der Waals surface area contributed by atoms with Crippen LogP contribution in [-0.2, 0) is 0 Å². The van der Waals surface area contributed by atoms with E-state index in [1.54, 1.807) is 12.1 Å². The fraction of sp³-hybridized carbons (Fsp3) is 0.400. The molecular weight excluding hydrogens is 224 g/mol. The second kappa shape index (κ2) is 8.48. The van der Waals surface area contributed by atoms with Gasteiger partial charge >= 0.3 is 0 Å². The molecule has 0 radical (unpaired) electrons. The van der Waals surface area contributed by atoms with Gasteiger partial charge < -0.3 is 10.6 Å². The molecule has 2 N–H and O–H groups in total. The van der Waals surface area contributed by atoms with E-state index in [4.69, 9.17) is 0 Å². The van der Waals surface area contributed by atoms with Crippen molar-refractivity contribution in [1.29, 1.82) is 0 Å². The van der Waals surface area contributed by atoms with Crippen molar-refractivity contribution in [1.82, 2.24) is 5.32 Å². The molecule has 0 saturated heterocycles. The molecule has 0 unspecified atom stereocenters. The minimum absolute atomic E-state index is 0.693. The SMILES string of the molecule is C=C(CCCCCNC)Nc1ccc(C=O)cc1. The van der Waals surface area contributed by atoms with Crippen LogP contribution >= 0.6 is 0 Å². The number of nitrogens with one attached hydrogen (secondary N) is 2. The lowest BCUT2D eigenvalue weighted by Gasteiger charge is -2.09. The van der Waals surface area contributed by atoms with Gasteiger partial charge in [0.05, 0.1) is 0 Å². The average Bonchev–Trinajstić information content (AvgIpc) is 2.39. The largest absolute Gasteiger partial charge is 0.359 e. The Morgan fingerprint density at radius 3 is 2.56 bits per heavy atom. The Morgan fingerprint density at radius 1 is 1.22 bits per heavy atom. The monoisotopic (exact) mass is 246 g/mol. The van der Waals surface area contributed by atoms with Crippen LogP contribution in [0.5, 0.6) is 0 Å². The molecule has 3 heteroatoms. The van der Waals surface area contributed by atoms with E-state index in [1.165, 1.54) is 12.8 Å². The van der Waals surface area contributed by atoms with Crippen LogP contribution in [0.2, 0.25) is 0 Å². The van der Waals surface area contributed by atoms with E-state index < -0.39 is 0 Å². The number of rotatable bonds is 9. The molecule has 0 atom stereocenters. The number of hydrogen-bond acceptors (Lipinski definition) is 3. The minimum Gasteiger partial charge on any atom is -0.359 e. The standard InChI is InChI=1S/C15H22N2O/c1-13(6-4-3-5-11-16-2)17-15-9-7-14(12-18)8-10-15/h7-10,12,16-17H,1,3-6,11H2,2H3. The quantitative estimate of drug-likeness (QED) is 0.519. The molecule has 0 aliphatic rings. The highest BCUT2D eigenvalue weighted by molar-refractivity contribution is 5.75. The Hall–Kier alpha value is -1.61. The highest BCUT2D eigenvalue weighted by Crippen LogP contribution is 2.14. The fourth-order valence-corrected chi connectivity index (χ4v) is 1.73. The predicted molar refractivity (Wildman–Crippen MR) is 77.0 cm³/mol. The van der Waals surface area contributed by atoms with Crippen LogP contribution in [0.1, 0.15) is 36.0 Å². The van der Waals surface area contributed by atoms with E-state index >= 15 is 0 Å². The van der Waals surface area contributed by atoms with Crippen molar-refractivity contribution in [3.63, 3.8) is 0 Å². The van der Waals surface area contributed by atoms with Crippen molar-refractivity contribution >= 4 is 12.0 Å². The topological polar surface area (TPSA) is 41.1 Å². The molecule has 18 heavy (non-hydrogen) atoms. The summed E-state index contributed by atoms with van der Waals surface area (Å²) in [6.45, 7) is 5.09. The molecule has 0 aromatic heterocycles. The van der Waals surface area contributed by atoms with Gasteiger partial charge in [0.25, 0.3) is 0 Å². The maximum atomic E-state index is 10.5. The van der Waals surface area contributed by atoms with Crippen LogP contribution in [0.3, 0.4) is 0 Å². The lowest BCUT2D eigenvalue weighted by atomic mass is 10.1. The van der Waals surface area contributed by atoms with Crippen LogP contribution in [0.4, 0.5) is 5.69 Å². The predicted octanol–water partition coefficient (Wildman–Crippen LogP) is 3.20. The Bertz CT molecular complexity index is 371. The summed E-state index contributed by atoms with van der Waals surface area (Å²) in [5.74, 6) is 0. The molecule has 0 aliphatic heterocycles. The first kappa shape index (κ1) is 14.5. The van der Waals surface area contributed by atoms with E-state index in [0.717, 1.165) is 37.1 Å². The van der Waals surface area contributed by atoms with Gasteiger partial charge in [-0.2, -0.15) is 0 Å². The summed E-state index contributed by atoms with van der Waals surface area (Å²) in [6.07, 6.45) is 5.41. The van der Waals surface area contributed by atoms with E-state index in [-0.39, 0.29) is 0 Å². The third kappa shape index (κ3) is 5.64. The second-order valence-corrected chi connectivity index (χ2v) is 4.38. The molecule has 0 heterocycles. The number of benzene rings is 1. The molecule has 1 aromatic carbocycles. The van der Waals surface area contributed by atoms with Crippen LogP contribution in [0.25, 0.3) is 0 Å². The fourth-order valence-electron chi connectivity index (χ4n) is 1.73. The first-order valence-corrected chi connectivity index (χ1v) is 6.41. The summed E-state index contributed by atoms with van der Waals surface area (Å²) < 4.78 is 0. The third-order valence-corrected chi connectivity index (χ3v) is 2.77. The number of carbonyl (C=O) groups is 1. The lowest BCUT2D eigenvalue weighted by Crippen LogP contribution is -2.07. The van der Waals surface area contributed by atoms with Gasteiger partial charge in [-0.15, -0.1) is 0 Å². The van der Waals surface area contributed by atoms with Crippen molar-refractivity contribution in [3.05, 3.63) is 42.1 Å². The van der Waals surface area contributed by atoms with Gasteiger partial charge in [-0.05, 0) is 57.1 Å². The lowest BCUT2D eigenvalue weighted by molar-refractivity contribution is 0.112. The molecule has 0 spiro atoms. The summed E-state index contributed by atoms with van der Waals surface area (Å²) in [7, 11) is 1.98. The van der Waals surface area contributed by atoms with Gasteiger partial charge in [0, 0.05) is 16.9 Å². The van der Waals surface area contributed by atoms with E-state index in [0.29, 0.717) is 5.56 Å². The van der Waals surface area contributed by atoms with Crippen LogP contribution in [0, 0.1) is 0 Å². The average molecular weight is 246 g/mol. The Labute approximate surface area is 109 Å². The van der Waals surface area contributed by atoms with Crippen molar-refractivity contribution in [2.75, 3.05) is 18.9 Å². The number of allylic oxidation sites excluding steroid dienone is 1. The Balaban J connectivity index is 2.24. The summed E-state index contributed by atoms with van der Waals surface area (Å²) >= 11 is 0. The van der Waals surface area contributed by atoms with Gasteiger partial charge in [0.1, 0.15) is 6.29 Å². The molecule has 1 rings (SSSR count). The smallest absolute Gasteiger partial charge is 0.150 e. The molecule has 0 bridgehead atoms. The highest BCUT2D eigenvalue weighted by Gasteiger charge is 1.97. The van der Waals surface area contributed by atoms with E-state index in [1.807, 2.05) is 19.2 Å². The highest BCUT2D eigenvalue weighted by atomic mass is 16.1. The number of hydrogen-bond donors (Lipinski definition) is 2. The maximum absolute atomic E-state index is 10.5. The summed E-state index contributed by atoms with van der Waals surface area (Å²) in [6, 6.07) is 7.40. The molecule has 0 fully saturated rings. The maximum Gasteiger partial charge on any atom is 0.150 e. The zero-order valence-electron chi connectivity index (χ0n) is 11.0. The first-order valence-electron chi connectivity index (χ1n) is 6.41. The number of aldehydes is 1. The molecular formula is C15H22N2O. The zero-order chi connectivity index (χ0) is 13.2. The van der Waals surface area contributed by atoms with Crippen molar-refractivity contribution in [2.24, 2.45) is 0 Å². The summed E-state index contributed by atoms with van der Waals surface area (Å²) in [4.78, 5) is 10.5. The van der Waals surface area contributed by atoms with Gasteiger partial charge in [-0.3, -0.25) is 4.79 Å². The first-order chi connectivity index (χ1) is 8.76.